The van der Waals surface area contributed by atoms with Gasteiger partial charge < -0.3 is 4.90 Å². The van der Waals surface area contributed by atoms with E-state index < -0.39 is 0 Å². The highest BCUT2D eigenvalue weighted by Gasteiger charge is 2.28. The number of amidine groups is 1. The molecule has 4 nitrogen and oxygen atoms in total. The second-order valence-corrected chi connectivity index (χ2v) is 7.38. The van der Waals surface area contributed by atoms with Gasteiger partial charge in [0.25, 0.3) is 0 Å². The summed E-state index contributed by atoms with van der Waals surface area (Å²) in [6, 6.07) is 0.717. The first-order valence-electron chi connectivity index (χ1n) is 6.68. The lowest BCUT2D eigenvalue weighted by atomic mass is 10.2. The van der Waals surface area contributed by atoms with Gasteiger partial charge in [-0.15, -0.1) is 0 Å². The lowest BCUT2D eigenvalue weighted by molar-refractivity contribution is 0.139. The fraction of sp³-hybridized carbons (Fsp3) is 0.917. The van der Waals surface area contributed by atoms with Gasteiger partial charge in [0.15, 0.2) is 10.7 Å². The Kier molecular flexibility index (Phi) is 5.24. The van der Waals surface area contributed by atoms with E-state index in [2.05, 4.69) is 42.6 Å². The molecule has 2 rings (SSSR count). The van der Waals surface area contributed by atoms with Crippen LogP contribution in [0.15, 0.2) is 4.99 Å². The van der Waals surface area contributed by atoms with Crippen molar-refractivity contribution >= 4 is 26.8 Å². The molecule has 0 N–H and O–H groups in total. The Morgan fingerprint density at radius 1 is 1.33 bits per heavy atom. The monoisotopic (exact) mass is 288 g/mol. The van der Waals surface area contributed by atoms with Crippen LogP contribution in [0.3, 0.4) is 0 Å². The van der Waals surface area contributed by atoms with Gasteiger partial charge in [0.1, 0.15) is 0 Å². The SMILES string of the molecule is CCC(C)N1CCN(C2=NC(N(C)C)SS2)CC1. The third kappa shape index (κ3) is 3.35. The zero-order chi connectivity index (χ0) is 13.1. The number of hydrogen-bond donors (Lipinski definition) is 0. The lowest BCUT2D eigenvalue weighted by Gasteiger charge is -2.38. The number of nitrogens with zero attached hydrogens (tertiary/aromatic N) is 4. The first-order valence-corrected chi connectivity index (χ1v) is 8.89. The highest BCUT2D eigenvalue weighted by atomic mass is 33.1. The molecule has 104 valence electrons. The van der Waals surface area contributed by atoms with Gasteiger partial charge in [0.05, 0.1) is 0 Å². The molecule has 0 aliphatic carbocycles. The van der Waals surface area contributed by atoms with Crippen molar-refractivity contribution in [2.45, 2.75) is 31.8 Å². The minimum absolute atomic E-state index is 0.289. The molecule has 0 amide bonds. The van der Waals surface area contributed by atoms with Crippen molar-refractivity contribution in [3.05, 3.63) is 0 Å². The van der Waals surface area contributed by atoms with Gasteiger partial charge >= 0.3 is 0 Å². The molecule has 0 radical (unpaired) electrons. The van der Waals surface area contributed by atoms with Crippen LogP contribution in [0.5, 0.6) is 0 Å². The van der Waals surface area contributed by atoms with Crippen molar-refractivity contribution < 1.29 is 0 Å². The van der Waals surface area contributed by atoms with Crippen molar-refractivity contribution in [2.24, 2.45) is 4.99 Å². The molecule has 0 spiro atoms. The van der Waals surface area contributed by atoms with Crippen LogP contribution < -0.4 is 0 Å². The predicted molar refractivity (Wildman–Crippen MR) is 83.0 cm³/mol. The first-order chi connectivity index (χ1) is 8.61. The average Bonchev–Trinajstić information content (AvgIpc) is 2.88. The van der Waals surface area contributed by atoms with Crippen LogP contribution in [0.2, 0.25) is 0 Å². The van der Waals surface area contributed by atoms with Gasteiger partial charge in [-0.2, -0.15) is 0 Å². The molecule has 2 aliphatic rings. The summed E-state index contributed by atoms with van der Waals surface area (Å²) in [7, 11) is 7.86. The van der Waals surface area contributed by atoms with Gasteiger partial charge in [0.2, 0.25) is 0 Å². The maximum Gasteiger partial charge on any atom is 0.172 e. The summed E-state index contributed by atoms with van der Waals surface area (Å²) in [5.41, 5.74) is 0.289. The Labute approximate surface area is 119 Å². The number of hydrogen-bond acceptors (Lipinski definition) is 6. The Bertz CT molecular complexity index is 300. The molecule has 0 aromatic heterocycles. The minimum Gasteiger partial charge on any atom is -0.348 e. The van der Waals surface area contributed by atoms with E-state index in [0.717, 1.165) is 13.1 Å². The molecule has 1 saturated heterocycles. The zero-order valence-corrected chi connectivity index (χ0v) is 13.4. The molecule has 0 saturated carbocycles. The molecule has 0 aromatic rings. The van der Waals surface area contributed by atoms with E-state index in [0.29, 0.717) is 6.04 Å². The van der Waals surface area contributed by atoms with E-state index in [1.165, 1.54) is 24.7 Å². The van der Waals surface area contributed by atoms with Crippen LogP contribution in [0, 0.1) is 0 Å². The van der Waals surface area contributed by atoms with Crippen LogP contribution in [0.1, 0.15) is 20.3 Å². The minimum atomic E-state index is 0.289. The summed E-state index contributed by atoms with van der Waals surface area (Å²) < 4.78 is 0. The standard InChI is InChI=1S/C12H24N4S2/c1-5-10(2)15-6-8-16(9-7-15)12-13-11(14(3)4)17-18-12/h10-11H,5-9H2,1-4H3. The van der Waals surface area contributed by atoms with Gasteiger partial charge in [0, 0.05) is 32.2 Å². The van der Waals surface area contributed by atoms with E-state index in [1.54, 1.807) is 0 Å². The first kappa shape index (κ1) is 14.5. The fourth-order valence-electron chi connectivity index (χ4n) is 2.17. The Morgan fingerprint density at radius 3 is 2.50 bits per heavy atom. The highest BCUT2D eigenvalue weighted by Crippen LogP contribution is 2.38. The van der Waals surface area contributed by atoms with Gasteiger partial charge in [-0.25, -0.2) is 4.99 Å². The maximum absolute atomic E-state index is 4.78. The van der Waals surface area contributed by atoms with Crippen molar-refractivity contribution in [3.63, 3.8) is 0 Å². The van der Waals surface area contributed by atoms with E-state index in [-0.39, 0.29) is 5.50 Å². The summed E-state index contributed by atoms with van der Waals surface area (Å²) >= 11 is 0. The molecule has 2 aliphatic heterocycles. The van der Waals surface area contributed by atoms with Crippen LogP contribution in [0.25, 0.3) is 0 Å². The zero-order valence-electron chi connectivity index (χ0n) is 11.8. The molecule has 0 aromatic carbocycles. The number of rotatable bonds is 3. The van der Waals surface area contributed by atoms with Crippen molar-refractivity contribution in [3.8, 4) is 0 Å². The fourth-order valence-corrected chi connectivity index (χ4v) is 4.76. The molecular formula is C12H24N4S2. The van der Waals surface area contributed by atoms with Crippen LogP contribution in [0.4, 0.5) is 0 Å². The topological polar surface area (TPSA) is 22.1 Å². The van der Waals surface area contributed by atoms with E-state index in [1.807, 2.05) is 21.6 Å². The lowest BCUT2D eigenvalue weighted by Crippen LogP contribution is -2.50. The predicted octanol–water partition coefficient (Wildman–Crippen LogP) is 2.00. The summed E-state index contributed by atoms with van der Waals surface area (Å²) in [4.78, 5) is 12.0. The second kappa shape index (κ2) is 6.50. The van der Waals surface area contributed by atoms with Gasteiger partial charge in [-0.05, 0) is 49.0 Å². The van der Waals surface area contributed by atoms with Crippen LogP contribution in [-0.2, 0) is 0 Å². The number of piperazine rings is 1. The molecule has 0 bridgehead atoms. The largest absolute Gasteiger partial charge is 0.348 e. The third-order valence-electron chi connectivity index (χ3n) is 3.67. The second-order valence-electron chi connectivity index (χ2n) is 5.16. The quantitative estimate of drug-likeness (QED) is 0.739. The molecule has 2 heterocycles. The van der Waals surface area contributed by atoms with Crippen molar-refractivity contribution in [2.75, 3.05) is 40.3 Å². The average molecular weight is 288 g/mol. The van der Waals surface area contributed by atoms with E-state index in [9.17, 15) is 0 Å². The van der Waals surface area contributed by atoms with Gasteiger partial charge in [-0.1, -0.05) is 6.92 Å². The summed E-state index contributed by atoms with van der Waals surface area (Å²) in [6.45, 7) is 9.19. The summed E-state index contributed by atoms with van der Waals surface area (Å²) in [5, 5.41) is 1.22. The molecule has 2 atom stereocenters. The Hall–Kier alpha value is 0.0900. The molecule has 1 fully saturated rings. The third-order valence-corrected chi connectivity index (χ3v) is 6.23. The summed E-state index contributed by atoms with van der Waals surface area (Å²) in [5.74, 6) is 0. The molecular weight excluding hydrogens is 264 g/mol. The molecule has 18 heavy (non-hydrogen) atoms. The Morgan fingerprint density at radius 2 is 2.00 bits per heavy atom. The number of aliphatic imine (C=N–C) groups is 1. The summed E-state index contributed by atoms with van der Waals surface area (Å²) in [6.07, 6.45) is 1.24. The smallest absolute Gasteiger partial charge is 0.172 e. The normalized spacial score (nSPS) is 27.7. The van der Waals surface area contributed by atoms with Crippen molar-refractivity contribution in [1.82, 2.24) is 14.7 Å². The van der Waals surface area contributed by atoms with E-state index in [4.69, 9.17) is 4.99 Å². The van der Waals surface area contributed by atoms with Gasteiger partial charge in [-0.3, -0.25) is 9.80 Å². The van der Waals surface area contributed by atoms with Crippen LogP contribution in [-0.4, -0.2) is 71.7 Å². The Balaban J connectivity index is 1.85. The molecule has 6 heteroatoms. The van der Waals surface area contributed by atoms with Crippen molar-refractivity contribution in [1.29, 1.82) is 0 Å². The maximum atomic E-state index is 4.78. The van der Waals surface area contributed by atoms with Crippen LogP contribution >= 0.6 is 21.6 Å². The van der Waals surface area contributed by atoms with E-state index >= 15 is 0 Å². The molecule has 2 unspecified atom stereocenters. The highest BCUT2D eigenvalue weighted by molar-refractivity contribution is 8.82.